The predicted octanol–water partition coefficient (Wildman–Crippen LogP) is 1.45. The third-order valence-corrected chi connectivity index (χ3v) is 4.26. The number of aromatic nitrogens is 3. The fourth-order valence-corrected chi connectivity index (χ4v) is 3.01. The molecule has 26 heavy (non-hydrogen) atoms. The summed E-state index contributed by atoms with van der Waals surface area (Å²) in [5.41, 5.74) is 5.96. The number of carbonyl (C=O) groups excluding carboxylic acids is 2. The number of Topliss-reactive ketones (excluding diaryl/α,β-unsaturated/α-hetero) is 1. The molecule has 0 atom stereocenters. The molecule has 0 bridgehead atoms. The molecule has 0 radical (unpaired) electrons. The predicted molar refractivity (Wildman–Crippen MR) is 96.3 cm³/mol. The van der Waals surface area contributed by atoms with Crippen molar-refractivity contribution >= 4 is 34.3 Å². The molecule has 0 unspecified atom stereocenters. The van der Waals surface area contributed by atoms with Crippen molar-refractivity contribution < 1.29 is 14.7 Å². The SMILES string of the molecule is CC(=O)Cn1cc(-c2cc(Cl)c(O)c(C(N)=O)c2)c2c(=O)n(C)cnc21. The van der Waals surface area contributed by atoms with Gasteiger partial charge < -0.3 is 20.0 Å². The van der Waals surface area contributed by atoms with E-state index in [9.17, 15) is 19.5 Å². The lowest BCUT2D eigenvalue weighted by Gasteiger charge is -2.07. The molecule has 0 fully saturated rings. The number of aryl methyl sites for hydroxylation is 1. The minimum absolute atomic E-state index is 0.0329. The summed E-state index contributed by atoms with van der Waals surface area (Å²) in [4.78, 5) is 40.0. The number of fused-ring (bicyclic) bond motifs is 1. The molecule has 134 valence electrons. The molecular weight excluding hydrogens is 360 g/mol. The Morgan fingerprint density at radius 2 is 2.04 bits per heavy atom. The summed E-state index contributed by atoms with van der Waals surface area (Å²) in [6.45, 7) is 1.46. The number of benzene rings is 1. The third kappa shape index (κ3) is 2.84. The summed E-state index contributed by atoms with van der Waals surface area (Å²) in [6, 6.07) is 2.77. The Bertz CT molecular complexity index is 1130. The molecule has 0 aliphatic rings. The zero-order valence-electron chi connectivity index (χ0n) is 14.0. The van der Waals surface area contributed by atoms with Crippen molar-refractivity contribution in [1.82, 2.24) is 14.1 Å². The largest absolute Gasteiger partial charge is 0.506 e. The van der Waals surface area contributed by atoms with Crippen LogP contribution in [0.15, 0.2) is 29.5 Å². The van der Waals surface area contributed by atoms with Gasteiger partial charge in [-0.15, -0.1) is 0 Å². The Morgan fingerprint density at radius 3 is 2.65 bits per heavy atom. The third-order valence-electron chi connectivity index (χ3n) is 3.97. The van der Waals surface area contributed by atoms with Crippen molar-refractivity contribution in [1.29, 1.82) is 0 Å². The number of hydrogen-bond acceptors (Lipinski definition) is 5. The Hall–Kier alpha value is -3.13. The summed E-state index contributed by atoms with van der Waals surface area (Å²) in [5, 5.41) is 10.1. The van der Waals surface area contributed by atoms with Gasteiger partial charge in [-0.05, 0) is 24.6 Å². The average molecular weight is 375 g/mol. The number of carbonyl (C=O) groups is 2. The van der Waals surface area contributed by atoms with E-state index < -0.39 is 11.7 Å². The molecule has 0 saturated heterocycles. The first-order valence-corrected chi connectivity index (χ1v) is 7.95. The highest BCUT2D eigenvalue weighted by atomic mass is 35.5. The number of halogens is 1. The van der Waals surface area contributed by atoms with Gasteiger partial charge in [-0.1, -0.05) is 11.6 Å². The normalized spacial score (nSPS) is 11.0. The summed E-state index contributed by atoms with van der Waals surface area (Å²) in [7, 11) is 1.56. The molecule has 9 heteroatoms. The van der Waals surface area contributed by atoms with E-state index in [1.54, 1.807) is 17.8 Å². The lowest BCUT2D eigenvalue weighted by atomic mass is 10.0. The molecule has 2 heterocycles. The van der Waals surface area contributed by atoms with Crippen LogP contribution in [0.1, 0.15) is 17.3 Å². The van der Waals surface area contributed by atoms with Gasteiger partial charge in [-0.2, -0.15) is 0 Å². The number of phenols is 1. The van der Waals surface area contributed by atoms with E-state index >= 15 is 0 Å². The monoisotopic (exact) mass is 374 g/mol. The molecule has 3 N–H and O–H groups in total. The standard InChI is InChI=1S/C17H15ClN4O4/c1-8(23)5-22-6-11(13-16(22)20-7-21(2)17(13)26)9-3-10(15(19)25)14(24)12(18)4-9/h3-4,6-7,24H,5H2,1-2H3,(H2,19,25). The molecule has 0 aliphatic heterocycles. The van der Waals surface area contributed by atoms with E-state index in [2.05, 4.69) is 4.98 Å². The fourth-order valence-electron chi connectivity index (χ4n) is 2.79. The van der Waals surface area contributed by atoms with Crippen LogP contribution in [0.3, 0.4) is 0 Å². The second kappa shape index (κ2) is 6.30. The van der Waals surface area contributed by atoms with Crippen molar-refractivity contribution in [2.75, 3.05) is 0 Å². The molecule has 0 spiro atoms. The lowest BCUT2D eigenvalue weighted by Crippen LogP contribution is -2.17. The maximum Gasteiger partial charge on any atom is 0.263 e. The number of primary amides is 1. The molecule has 0 saturated carbocycles. The van der Waals surface area contributed by atoms with E-state index in [1.807, 2.05) is 0 Å². The van der Waals surface area contributed by atoms with Gasteiger partial charge in [-0.3, -0.25) is 14.4 Å². The van der Waals surface area contributed by atoms with Crippen molar-refractivity contribution in [3.8, 4) is 16.9 Å². The highest BCUT2D eigenvalue weighted by Crippen LogP contribution is 2.35. The van der Waals surface area contributed by atoms with Crippen LogP contribution in [0.5, 0.6) is 5.75 Å². The van der Waals surface area contributed by atoms with E-state index in [0.717, 1.165) is 0 Å². The number of aromatic hydroxyl groups is 1. The van der Waals surface area contributed by atoms with Gasteiger partial charge in [0.15, 0.2) is 0 Å². The number of amides is 1. The summed E-state index contributed by atoms with van der Waals surface area (Å²) in [5.74, 6) is -1.40. The fraction of sp³-hybridized carbons (Fsp3) is 0.176. The van der Waals surface area contributed by atoms with Crippen molar-refractivity contribution in [3.05, 3.63) is 45.6 Å². The van der Waals surface area contributed by atoms with Gasteiger partial charge in [0.05, 0.1) is 28.8 Å². The zero-order valence-corrected chi connectivity index (χ0v) is 14.7. The van der Waals surface area contributed by atoms with E-state index in [1.165, 1.54) is 30.0 Å². The average Bonchev–Trinajstić information content (AvgIpc) is 2.91. The number of hydrogen-bond donors (Lipinski definition) is 2. The van der Waals surface area contributed by atoms with Crippen molar-refractivity contribution in [2.45, 2.75) is 13.5 Å². The maximum absolute atomic E-state index is 12.6. The molecule has 3 aromatic rings. The highest BCUT2D eigenvalue weighted by molar-refractivity contribution is 6.33. The molecule has 0 aliphatic carbocycles. The van der Waals surface area contributed by atoms with Crippen LogP contribution in [0.25, 0.3) is 22.2 Å². The quantitative estimate of drug-likeness (QED) is 0.716. The van der Waals surface area contributed by atoms with Crippen LogP contribution >= 0.6 is 11.6 Å². The number of nitrogens with two attached hydrogens (primary N) is 1. The van der Waals surface area contributed by atoms with Gasteiger partial charge in [0.25, 0.3) is 11.5 Å². The molecule has 8 nitrogen and oxygen atoms in total. The molecular formula is C17H15ClN4O4. The Balaban J connectivity index is 2.39. The van der Waals surface area contributed by atoms with Crippen LogP contribution in [0.2, 0.25) is 5.02 Å². The van der Waals surface area contributed by atoms with Gasteiger partial charge in [0.1, 0.15) is 17.2 Å². The Morgan fingerprint density at radius 1 is 1.35 bits per heavy atom. The molecule has 1 aromatic carbocycles. The Labute approximate surface area is 152 Å². The summed E-state index contributed by atoms with van der Waals surface area (Å²) < 4.78 is 2.86. The van der Waals surface area contributed by atoms with E-state index in [4.69, 9.17) is 17.3 Å². The van der Waals surface area contributed by atoms with Crippen molar-refractivity contribution in [3.63, 3.8) is 0 Å². The van der Waals surface area contributed by atoms with E-state index in [0.29, 0.717) is 16.8 Å². The smallest absolute Gasteiger partial charge is 0.263 e. The minimum Gasteiger partial charge on any atom is -0.506 e. The summed E-state index contributed by atoms with van der Waals surface area (Å²) >= 11 is 6.01. The summed E-state index contributed by atoms with van der Waals surface area (Å²) in [6.07, 6.45) is 2.96. The first kappa shape index (κ1) is 17.7. The minimum atomic E-state index is -0.857. The van der Waals surface area contributed by atoms with Crippen LogP contribution in [0, 0.1) is 0 Å². The highest BCUT2D eigenvalue weighted by Gasteiger charge is 2.20. The van der Waals surface area contributed by atoms with Crippen LogP contribution in [-0.4, -0.2) is 30.9 Å². The first-order chi connectivity index (χ1) is 12.2. The second-order valence-electron chi connectivity index (χ2n) is 5.95. The maximum atomic E-state index is 12.6. The molecule has 1 amide bonds. The zero-order chi connectivity index (χ0) is 19.2. The number of rotatable bonds is 4. The van der Waals surface area contributed by atoms with Gasteiger partial charge in [0.2, 0.25) is 0 Å². The first-order valence-electron chi connectivity index (χ1n) is 7.57. The van der Waals surface area contributed by atoms with Crippen molar-refractivity contribution in [2.24, 2.45) is 12.8 Å². The Kier molecular flexibility index (Phi) is 4.29. The number of nitrogens with zero attached hydrogens (tertiary/aromatic N) is 3. The van der Waals surface area contributed by atoms with E-state index in [-0.39, 0.29) is 33.9 Å². The molecule has 3 rings (SSSR count). The molecule has 2 aromatic heterocycles. The van der Waals surface area contributed by atoms with Crippen LogP contribution in [-0.2, 0) is 18.4 Å². The van der Waals surface area contributed by atoms with Gasteiger partial charge in [-0.25, -0.2) is 4.98 Å². The van der Waals surface area contributed by atoms with Crippen LogP contribution < -0.4 is 11.3 Å². The van der Waals surface area contributed by atoms with Gasteiger partial charge in [0, 0.05) is 18.8 Å². The van der Waals surface area contributed by atoms with Crippen LogP contribution in [0.4, 0.5) is 0 Å². The topological polar surface area (TPSA) is 120 Å². The lowest BCUT2D eigenvalue weighted by molar-refractivity contribution is -0.117. The number of ketones is 1. The second-order valence-corrected chi connectivity index (χ2v) is 6.36. The van der Waals surface area contributed by atoms with Gasteiger partial charge >= 0.3 is 0 Å².